The lowest BCUT2D eigenvalue weighted by molar-refractivity contribution is -0.137. The predicted octanol–water partition coefficient (Wildman–Crippen LogP) is 4.74. The summed E-state index contributed by atoms with van der Waals surface area (Å²) in [6.07, 6.45) is -2.67. The van der Waals surface area contributed by atoms with Crippen LogP contribution in [0.5, 0.6) is 0 Å². The van der Waals surface area contributed by atoms with Crippen molar-refractivity contribution in [2.24, 2.45) is 0 Å². The zero-order valence-electron chi connectivity index (χ0n) is 10.5. The van der Waals surface area contributed by atoms with E-state index in [2.05, 4.69) is 10.3 Å². The molecule has 0 aromatic carbocycles. The smallest absolute Gasteiger partial charge is 0.365 e. The lowest BCUT2D eigenvalue weighted by Gasteiger charge is -2.26. The summed E-state index contributed by atoms with van der Waals surface area (Å²) in [5.41, 5.74) is -1.12. The Balaban J connectivity index is 3.00. The Kier molecular flexibility index (Phi) is 4.48. The van der Waals surface area contributed by atoms with Crippen molar-refractivity contribution in [2.45, 2.75) is 45.3 Å². The van der Waals surface area contributed by atoms with Gasteiger partial charge in [-0.3, -0.25) is 0 Å². The Morgan fingerprint density at radius 2 is 1.89 bits per heavy atom. The molecule has 0 amide bonds. The maximum atomic E-state index is 12.6. The van der Waals surface area contributed by atoms with Gasteiger partial charge in [-0.05, 0) is 32.4 Å². The van der Waals surface area contributed by atoms with E-state index in [1.54, 1.807) is 0 Å². The van der Waals surface area contributed by atoms with Gasteiger partial charge >= 0.3 is 6.18 Å². The van der Waals surface area contributed by atoms with Crippen LogP contribution >= 0.6 is 11.6 Å². The number of rotatable bonds is 4. The van der Waals surface area contributed by atoms with Crippen LogP contribution in [0, 0.1) is 0 Å². The van der Waals surface area contributed by atoms with Crippen molar-refractivity contribution in [3.63, 3.8) is 0 Å². The summed E-state index contributed by atoms with van der Waals surface area (Å²) in [6.45, 7) is 5.83. The van der Waals surface area contributed by atoms with Gasteiger partial charge in [0.1, 0.15) is 11.0 Å². The first-order valence-corrected chi connectivity index (χ1v) is 6.05. The molecule has 2 nitrogen and oxygen atoms in total. The molecule has 1 aromatic heterocycles. The monoisotopic (exact) mass is 280 g/mol. The summed E-state index contributed by atoms with van der Waals surface area (Å²) in [7, 11) is 0. The summed E-state index contributed by atoms with van der Waals surface area (Å²) >= 11 is 5.61. The SMILES string of the molecule is CCCC(C)(C)Nc1cc(C(F)(F)F)cc(Cl)n1. The van der Waals surface area contributed by atoms with Crippen LogP contribution in [0.15, 0.2) is 12.1 Å². The van der Waals surface area contributed by atoms with Crippen molar-refractivity contribution >= 4 is 17.4 Å². The van der Waals surface area contributed by atoms with Gasteiger partial charge in [-0.25, -0.2) is 4.98 Å². The molecule has 0 radical (unpaired) electrons. The van der Waals surface area contributed by atoms with Crippen LogP contribution in [0.1, 0.15) is 39.2 Å². The molecule has 1 rings (SSSR count). The second-order valence-electron chi connectivity index (χ2n) is 4.82. The molecule has 0 fully saturated rings. The molecule has 102 valence electrons. The fourth-order valence-corrected chi connectivity index (χ4v) is 1.97. The second kappa shape index (κ2) is 5.34. The van der Waals surface area contributed by atoms with E-state index in [0.29, 0.717) is 0 Å². The van der Waals surface area contributed by atoms with Crippen molar-refractivity contribution in [2.75, 3.05) is 5.32 Å². The van der Waals surface area contributed by atoms with Crippen LogP contribution in [-0.4, -0.2) is 10.5 Å². The number of nitrogens with one attached hydrogen (secondary N) is 1. The van der Waals surface area contributed by atoms with Crippen LogP contribution in [0.4, 0.5) is 19.0 Å². The predicted molar refractivity (Wildman–Crippen MR) is 66.9 cm³/mol. The zero-order valence-corrected chi connectivity index (χ0v) is 11.3. The molecule has 0 unspecified atom stereocenters. The lowest BCUT2D eigenvalue weighted by atomic mass is 9.99. The molecule has 1 N–H and O–H groups in total. The number of anilines is 1. The topological polar surface area (TPSA) is 24.9 Å². The molecule has 6 heteroatoms. The number of pyridine rings is 1. The van der Waals surface area contributed by atoms with Gasteiger partial charge in [0, 0.05) is 5.54 Å². The van der Waals surface area contributed by atoms with Crippen LogP contribution in [0.3, 0.4) is 0 Å². The normalized spacial score (nSPS) is 12.6. The molecule has 0 aliphatic carbocycles. The Morgan fingerprint density at radius 3 is 2.39 bits per heavy atom. The van der Waals surface area contributed by atoms with E-state index in [9.17, 15) is 13.2 Å². The number of nitrogens with zero attached hydrogens (tertiary/aromatic N) is 1. The van der Waals surface area contributed by atoms with Crippen molar-refractivity contribution in [1.82, 2.24) is 4.98 Å². The molecule has 0 saturated heterocycles. The van der Waals surface area contributed by atoms with Crippen LogP contribution in [-0.2, 0) is 6.18 Å². The molecule has 1 heterocycles. The highest BCUT2D eigenvalue weighted by Gasteiger charge is 2.32. The fourth-order valence-electron chi connectivity index (χ4n) is 1.76. The van der Waals surface area contributed by atoms with Gasteiger partial charge in [-0.2, -0.15) is 13.2 Å². The Hall–Kier alpha value is -0.970. The highest BCUT2D eigenvalue weighted by molar-refractivity contribution is 6.29. The minimum absolute atomic E-state index is 0.147. The largest absolute Gasteiger partial charge is 0.416 e. The maximum absolute atomic E-state index is 12.6. The summed E-state index contributed by atoms with van der Waals surface area (Å²) in [5, 5.41) is 2.81. The van der Waals surface area contributed by atoms with Gasteiger partial charge in [-0.15, -0.1) is 0 Å². The number of alkyl halides is 3. The van der Waals surface area contributed by atoms with Crippen molar-refractivity contribution in [1.29, 1.82) is 0 Å². The van der Waals surface area contributed by atoms with Gasteiger partial charge < -0.3 is 5.32 Å². The molecular weight excluding hydrogens is 265 g/mol. The van der Waals surface area contributed by atoms with Crippen LogP contribution < -0.4 is 5.32 Å². The van der Waals surface area contributed by atoms with E-state index in [4.69, 9.17) is 11.6 Å². The van der Waals surface area contributed by atoms with Crippen molar-refractivity contribution < 1.29 is 13.2 Å². The van der Waals surface area contributed by atoms with Gasteiger partial charge in [0.05, 0.1) is 5.56 Å². The van der Waals surface area contributed by atoms with E-state index in [-0.39, 0.29) is 16.5 Å². The average molecular weight is 281 g/mol. The summed E-state index contributed by atoms with van der Waals surface area (Å²) in [4.78, 5) is 3.87. The minimum atomic E-state index is -4.42. The van der Waals surface area contributed by atoms with E-state index in [1.165, 1.54) is 0 Å². The van der Waals surface area contributed by atoms with Crippen LogP contribution in [0.2, 0.25) is 5.15 Å². The average Bonchev–Trinajstić information content (AvgIpc) is 2.13. The number of hydrogen-bond acceptors (Lipinski definition) is 2. The molecule has 0 spiro atoms. The first-order valence-electron chi connectivity index (χ1n) is 5.67. The second-order valence-corrected chi connectivity index (χ2v) is 5.21. The standard InChI is InChI=1S/C12H16ClF3N2/c1-4-5-11(2,3)18-10-7-8(12(14,15)16)6-9(13)17-10/h6-7H,4-5H2,1-3H3,(H,17,18). The molecule has 0 atom stereocenters. The van der Waals surface area contributed by atoms with E-state index in [1.807, 2.05) is 20.8 Å². The molecule has 0 saturated carbocycles. The van der Waals surface area contributed by atoms with E-state index in [0.717, 1.165) is 25.0 Å². The Morgan fingerprint density at radius 1 is 1.28 bits per heavy atom. The number of hydrogen-bond donors (Lipinski definition) is 1. The highest BCUT2D eigenvalue weighted by atomic mass is 35.5. The molecule has 1 aromatic rings. The first kappa shape index (κ1) is 15.1. The quantitative estimate of drug-likeness (QED) is 0.806. The molecule has 0 aliphatic rings. The van der Waals surface area contributed by atoms with E-state index < -0.39 is 11.7 Å². The van der Waals surface area contributed by atoms with Gasteiger partial charge in [-0.1, -0.05) is 24.9 Å². The van der Waals surface area contributed by atoms with Crippen molar-refractivity contribution in [3.8, 4) is 0 Å². The van der Waals surface area contributed by atoms with Crippen molar-refractivity contribution in [3.05, 3.63) is 22.8 Å². The van der Waals surface area contributed by atoms with E-state index >= 15 is 0 Å². The number of halogens is 4. The lowest BCUT2D eigenvalue weighted by Crippen LogP contribution is -2.31. The first-order chi connectivity index (χ1) is 8.14. The van der Waals surface area contributed by atoms with Gasteiger partial charge in [0.2, 0.25) is 0 Å². The molecule has 0 bridgehead atoms. The highest BCUT2D eigenvalue weighted by Crippen LogP contribution is 2.32. The summed E-state index contributed by atoms with van der Waals surface area (Å²) in [5.74, 6) is 0.147. The molecule has 18 heavy (non-hydrogen) atoms. The Bertz CT molecular complexity index is 416. The van der Waals surface area contributed by atoms with Gasteiger partial charge in [0.15, 0.2) is 0 Å². The third kappa shape index (κ3) is 4.37. The maximum Gasteiger partial charge on any atom is 0.416 e. The third-order valence-corrected chi connectivity index (χ3v) is 2.66. The van der Waals surface area contributed by atoms with Crippen LogP contribution in [0.25, 0.3) is 0 Å². The molecular formula is C12H16ClF3N2. The molecule has 0 aliphatic heterocycles. The number of aromatic nitrogens is 1. The summed E-state index contributed by atoms with van der Waals surface area (Å²) in [6, 6.07) is 1.79. The Labute approximate surface area is 110 Å². The zero-order chi connectivity index (χ0) is 14.0. The summed E-state index contributed by atoms with van der Waals surface area (Å²) < 4.78 is 37.8. The third-order valence-electron chi connectivity index (χ3n) is 2.46. The van der Waals surface area contributed by atoms with Gasteiger partial charge in [0.25, 0.3) is 0 Å². The fraction of sp³-hybridized carbons (Fsp3) is 0.583. The minimum Gasteiger partial charge on any atom is -0.365 e.